The van der Waals surface area contributed by atoms with E-state index in [-0.39, 0.29) is 26.9 Å². The van der Waals surface area contributed by atoms with Crippen molar-refractivity contribution >= 4 is 0 Å². The molecule has 0 radical (unpaired) electrons. The maximum atomic E-state index is 12.4. The summed E-state index contributed by atoms with van der Waals surface area (Å²) in [7, 11) is 0. The van der Waals surface area contributed by atoms with E-state index in [0.29, 0.717) is 12.1 Å². The van der Waals surface area contributed by atoms with Crippen molar-refractivity contribution in [3.05, 3.63) is 42.8 Å². The number of halogens is 5. The molecule has 0 aliphatic carbocycles. The van der Waals surface area contributed by atoms with Gasteiger partial charge in [0, 0.05) is 5.82 Å². The zero-order chi connectivity index (χ0) is 9.35. The monoisotopic (exact) mass is 260 g/mol. The summed E-state index contributed by atoms with van der Waals surface area (Å²) < 4.78 is 60.0. The van der Waals surface area contributed by atoms with Gasteiger partial charge in [-0.2, -0.15) is 25.3 Å². The molecule has 0 nitrogen and oxygen atoms in total. The van der Waals surface area contributed by atoms with E-state index in [4.69, 9.17) is 0 Å². The smallest absolute Gasteiger partial charge is 0.358 e. The first-order valence-corrected chi connectivity index (χ1v) is 2.86. The van der Waals surface area contributed by atoms with E-state index in [2.05, 4.69) is 0 Å². The topological polar surface area (TPSA) is 0 Å². The third kappa shape index (κ3) is 3.33. The molecule has 0 unspecified atom stereocenters. The summed E-state index contributed by atoms with van der Waals surface area (Å²) in [6.07, 6.45) is -4.86. The van der Waals surface area contributed by atoms with Crippen molar-refractivity contribution in [2.75, 3.05) is 0 Å². The summed E-state index contributed by atoms with van der Waals surface area (Å²) in [6.45, 7) is 0. The van der Waals surface area contributed by atoms with Crippen molar-refractivity contribution in [1.29, 1.82) is 0 Å². The van der Waals surface area contributed by atoms with Crippen molar-refractivity contribution in [2.45, 2.75) is 6.18 Å². The predicted octanol–water partition coefficient (Wildman–Crippen LogP) is 3.23. The van der Waals surface area contributed by atoms with Gasteiger partial charge >= 0.3 is 25.7 Å². The van der Waals surface area contributed by atoms with Crippen LogP contribution in [0.2, 0.25) is 0 Å². The first-order valence-electron chi connectivity index (χ1n) is 2.86. The molecule has 0 aliphatic heterocycles. The number of alkyl halides is 3. The number of benzene rings is 1. The first kappa shape index (κ1) is 15.9. The van der Waals surface area contributed by atoms with Crippen LogP contribution in [0.3, 0.4) is 0 Å². The second-order valence-electron chi connectivity index (χ2n) is 2.02. The average Bonchev–Trinajstić information content (AvgIpc) is 1.92. The van der Waals surface area contributed by atoms with Crippen LogP contribution in [0.25, 0.3) is 0 Å². The van der Waals surface area contributed by atoms with Gasteiger partial charge in [-0.05, 0) is 5.56 Å². The Morgan fingerprint density at radius 1 is 1.14 bits per heavy atom. The Kier molecular flexibility index (Phi) is 6.14. The quantitative estimate of drug-likeness (QED) is 0.382. The molecule has 0 bridgehead atoms. The Hall–Kier alpha value is -0.507. The number of hydrogen-bond acceptors (Lipinski definition) is 0. The Labute approximate surface area is 90.9 Å². The van der Waals surface area contributed by atoms with E-state index in [9.17, 15) is 22.0 Å². The first-order chi connectivity index (χ1) is 5.43. The van der Waals surface area contributed by atoms with Crippen molar-refractivity contribution < 1.29 is 41.4 Å². The molecular formula is C8H5F5Zn. The molecule has 0 aromatic heterocycles. The van der Waals surface area contributed by atoms with Crippen molar-refractivity contribution in [2.24, 2.45) is 0 Å². The molecule has 0 aliphatic rings. The van der Waals surface area contributed by atoms with E-state index < -0.39 is 23.4 Å². The Morgan fingerprint density at radius 2 is 1.64 bits per heavy atom. The largest absolute Gasteiger partial charge is 2.00 e. The molecular weight excluding hydrogens is 256 g/mol. The van der Waals surface area contributed by atoms with E-state index in [1.165, 1.54) is 0 Å². The van der Waals surface area contributed by atoms with Gasteiger partial charge in [-0.15, -0.1) is 6.07 Å². The van der Waals surface area contributed by atoms with Gasteiger partial charge < -0.3 is 7.43 Å². The van der Waals surface area contributed by atoms with E-state index in [1.807, 2.05) is 0 Å². The van der Waals surface area contributed by atoms with Gasteiger partial charge in [0.05, 0.1) is 5.82 Å². The maximum absolute atomic E-state index is 12.4. The minimum atomic E-state index is -4.86. The molecule has 0 heterocycles. The van der Waals surface area contributed by atoms with E-state index in [0.717, 1.165) is 0 Å². The van der Waals surface area contributed by atoms with Crippen LogP contribution in [0, 0.1) is 25.1 Å². The van der Waals surface area contributed by atoms with Crippen molar-refractivity contribution in [3.63, 3.8) is 0 Å². The van der Waals surface area contributed by atoms with Crippen molar-refractivity contribution in [3.8, 4) is 0 Å². The zero-order valence-electron chi connectivity index (χ0n) is 7.25. The van der Waals surface area contributed by atoms with Gasteiger partial charge in [0.25, 0.3) is 0 Å². The SMILES string of the molecule is Fc1[c-]ccc(C(F)(F)F)c1F.[CH3-].[Zn+2]. The molecule has 0 fully saturated rings. The van der Waals surface area contributed by atoms with Gasteiger partial charge in [-0.25, -0.2) is 4.39 Å². The van der Waals surface area contributed by atoms with Crippen LogP contribution in [-0.2, 0) is 25.7 Å². The predicted molar refractivity (Wildman–Crippen MR) is 36.6 cm³/mol. The van der Waals surface area contributed by atoms with Crippen LogP contribution >= 0.6 is 0 Å². The second-order valence-corrected chi connectivity index (χ2v) is 2.02. The molecule has 0 saturated carbocycles. The van der Waals surface area contributed by atoms with Crippen LogP contribution in [0.1, 0.15) is 5.56 Å². The maximum Gasteiger partial charge on any atom is 2.00 e. The van der Waals surface area contributed by atoms with Gasteiger partial charge in [-0.3, -0.25) is 4.39 Å². The molecule has 6 heteroatoms. The van der Waals surface area contributed by atoms with Crippen LogP contribution in [0.5, 0.6) is 0 Å². The fourth-order valence-electron chi connectivity index (χ4n) is 0.672. The minimum absolute atomic E-state index is 0. The zero-order valence-corrected chi connectivity index (χ0v) is 10.2. The fourth-order valence-corrected chi connectivity index (χ4v) is 0.672. The summed E-state index contributed by atoms with van der Waals surface area (Å²) in [5.41, 5.74) is -1.61. The molecule has 0 amide bonds. The summed E-state index contributed by atoms with van der Waals surface area (Å²) in [5, 5.41) is 0. The molecule has 14 heavy (non-hydrogen) atoms. The Morgan fingerprint density at radius 3 is 2.00 bits per heavy atom. The molecule has 0 spiro atoms. The summed E-state index contributed by atoms with van der Waals surface area (Å²) in [5.74, 6) is -3.53. The van der Waals surface area contributed by atoms with Crippen LogP contribution < -0.4 is 0 Å². The number of rotatable bonds is 0. The van der Waals surface area contributed by atoms with E-state index in [1.54, 1.807) is 6.07 Å². The van der Waals surface area contributed by atoms with Gasteiger partial charge in [-0.1, -0.05) is 0 Å². The molecule has 0 atom stereocenters. The molecule has 1 aromatic carbocycles. The third-order valence-electron chi connectivity index (χ3n) is 1.19. The van der Waals surface area contributed by atoms with Crippen LogP contribution in [-0.4, -0.2) is 0 Å². The number of hydrogen-bond donors (Lipinski definition) is 0. The third-order valence-corrected chi connectivity index (χ3v) is 1.19. The standard InChI is InChI=1S/C7H2F5.CH3.Zn/c8-5-3-1-2-4(6(5)9)7(10,11)12;;/h1-2H;1H3;/q2*-1;+2. The molecule has 0 saturated heterocycles. The Balaban J connectivity index is 0. The Bertz CT molecular complexity index is 294. The molecule has 74 valence electrons. The molecule has 1 rings (SSSR count). The van der Waals surface area contributed by atoms with Gasteiger partial charge in [0.15, 0.2) is 0 Å². The minimum Gasteiger partial charge on any atom is -0.358 e. The van der Waals surface area contributed by atoms with E-state index >= 15 is 0 Å². The van der Waals surface area contributed by atoms with Crippen LogP contribution in [0.4, 0.5) is 22.0 Å². The fraction of sp³-hybridized carbons (Fsp3) is 0.125. The molecule has 1 aromatic rings. The van der Waals surface area contributed by atoms with Crippen LogP contribution in [0.15, 0.2) is 12.1 Å². The van der Waals surface area contributed by atoms with Gasteiger partial charge in [0.1, 0.15) is 0 Å². The average molecular weight is 262 g/mol. The second kappa shape index (κ2) is 5.39. The summed E-state index contributed by atoms with van der Waals surface area (Å²) in [4.78, 5) is 0. The van der Waals surface area contributed by atoms with Gasteiger partial charge in [0.2, 0.25) is 0 Å². The summed E-state index contributed by atoms with van der Waals surface area (Å²) >= 11 is 0. The summed E-state index contributed by atoms with van der Waals surface area (Å²) in [6, 6.07) is 2.78. The normalized spacial score (nSPS) is 10.1. The molecule has 0 N–H and O–H groups in total. The van der Waals surface area contributed by atoms with Crippen molar-refractivity contribution in [1.82, 2.24) is 0 Å².